The molecule has 0 aliphatic rings. The number of hydrogen-bond donors (Lipinski definition) is 0. The van der Waals surface area contributed by atoms with Crippen LogP contribution in [0.4, 0.5) is 8.78 Å². The van der Waals surface area contributed by atoms with Crippen LogP contribution < -0.4 is 0 Å². The third-order valence-electron chi connectivity index (χ3n) is 2.10. The maximum Gasteiger partial charge on any atom is 0.251 e. The van der Waals surface area contributed by atoms with Gasteiger partial charge < -0.3 is 0 Å². The van der Waals surface area contributed by atoms with Crippen molar-refractivity contribution in [2.45, 2.75) is 53.4 Å². The molecular weight excluding hydrogens is 158 g/mol. The number of alkyl halides is 2. The Labute approximate surface area is 74.4 Å². The van der Waals surface area contributed by atoms with Crippen molar-refractivity contribution in [2.75, 3.05) is 0 Å². The highest BCUT2D eigenvalue weighted by Crippen LogP contribution is 2.37. The molecule has 0 spiro atoms. The molecular formula is C10H20F2. The summed E-state index contributed by atoms with van der Waals surface area (Å²) in [6.45, 7) is 8.98. The van der Waals surface area contributed by atoms with Crippen LogP contribution in [0.3, 0.4) is 0 Å². The third-order valence-corrected chi connectivity index (χ3v) is 2.10. The van der Waals surface area contributed by atoms with E-state index in [-0.39, 0.29) is 11.8 Å². The van der Waals surface area contributed by atoms with Gasteiger partial charge in [0.15, 0.2) is 0 Å². The molecule has 0 nitrogen and oxygen atoms in total. The van der Waals surface area contributed by atoms with Crippen LogP contribution in [-0.2, 0) is 0 Å². The summed E-state index contributed by atoms with van der Waals surface area (Å²) in [5, 5.41) is 0. The molecule has 0 saturated heterocycles. The Hall–Kier alpha value is -0.140. The third kappa shape index (κ3) is 4.03. The van der Waals surface area contributed by atoms with Crippen LogP contribution in [0.2, 0.25) is 0 Å². The van der Waals surface area contributed by atoms with Crippen molar-refractivity contribution in [3.05, 3.63) is 0 Å². The maximum atomic E-state index is 13.3. The van der Waals surface area contributed by atoms with E-state index in [1.54, 1.807) is 13.8 Å². The molecule has 0 heterocycles. The van der Waals surface area contributed by atoms with E-state index < -0.39 is 11.8 Å². The Morgan fingerprint density at radius 2 is 1.58 bits per heavy atom. The highest BCUT2D eigenvalue weighted by atomic mass is 19.3. The second-order valence-electron chi connectivity index (χ2n) is 4.81. The Kier molecular flexibility index (Phi) is 3.67. The average molecular weight is 178 g/mol. The van der Waals surface area contributed by atoms with E-state index in [0.717, 1.165) is 0 Å². The first-order valence-corrected chi connectivity index (χ1v) is 4.57. The molecule has 0 aromatic heterocycles. The Bertz CT molecular complexity index is 133. The van der Waals surface area contributed by atoms with Crippen LogP contribution >= 0.6 is 0 Å². The van der Waals surface area contributed by atoms with Gasteiger partial charge in [0.2, 0.25) is 0 Å². The van der Waals surface area contributed by atoms with E-state index in [4.69, 9.17) is 0 Å². The largest absolute Gasteiger partial charge is 0.251 e. The van der Waals surface area contributed by atoms with Crippen molar-refractivity contribution in [3.63, 3.8) is 0 Å². The molecule has 0 rings (SSSR count). The lowest BCUT2D eigenvalue weighted by atomic mass is 9.83. The van der Waals surface area contributed by atoms with E-state index in [1.165, 1.54) is 0 Å². The maximum absolute atomic E-state index is 13.3. The van der Waals surface area contributed by atoms with Crippen molar-refractivity contribution in [1.82, 2.24) is 0 Å². The minimum atomic E-state index is -2.51. The number of halogens is 2. The van der Waals surface area contributed by atoms with Gasteiger partial charge in [-0.05, 0) is 11.8 Å². The lowest BCUT2D eigenvalue weighted by molar-refractivity contribution is -0.0823. The molecule has 0 radical (unpaired) electrons. The predicted octanol–water partition coefficient (Wildman–Crippen LogP) is 4.10. The second kappa shape index (κ2) is 3.71. The molecule has 0 aliphatic heterocycles. The summed E-state index contributed by atoms with van der Waals surface area (Å²) in [7, 11) is 0. The summed E-state index contributed by atoms with van der Waals surface area (Å²) in [5.41, 5.74) is -0.285. The van der Waals surface area contributed by atoms with E-state index in [1.807, 2.05) is 20.8 Å². The van der Waals surface area contributed by atoms with E-state index in [0.29, 0.717) is 6.42 Å². The smallest absolute Gasteiger partial charge is 0.207 e. The van der Waals surface area contributed by atoms with Crippen molar-refractivity contribution in [3.8, 4) is 0 Å². The SMILES string of the molecule is CCC(C)C(F)(F)CC(C)(C)C. The summed E-state index contributed by atoms with van der Waals surface area (Å²) >= 11 is 0. The standard InChI is InChI=1S/C10H20F2/c1-6-8(2)10(11,12)7-9(3,4)5/h8H,6-7H2,1-5H3. The molecule has 12 heavy (non-hydrogen) atoms. The fourth-order valence-electron chi connectivity index (χ4n) is 1.18. The molecule has 1 unspecified atom stereocenters. The quantitative estimate of drug-likeness (QED) is 0.610. The van der Waals surface area contributed by atoms with Gasteiger partial charge in [-0.1, -0.05) is 34.6 Å². The Morgan fingerprint density at radius 3 is 1.83 bits per heavy atom. The number of hydrogen-bond acceptors (Lipinski definition) is 0. The van der Waals surface area contributed by atoms with Gasteiger partial charge in [0.25, 0.3) is 5.92 Å². The van der Waals surface area contributed by atoms with Crippen LogP contribution in [0.5, 0.6) is 0 Å². The fourth-order valence-corrected chi connectivity index (χ4v) is 1.18. The van der Waals surface area contributed by atoms with Gasteiger partial charge in [-0.3, -0.25) is 0 Å². The summed E-state index contributed by atoms with van der Waals surface area (Å²) in [5.74, 6) is -3.01. The molecule has 0 N–H and O–H groups in total. The van der Waals surface area contributed by atoms with E-state index >= 15 is 0 Å². The second-order valence-corrected chi connectivity index (χ2v) is 4.81. The van der Waals surface area contributed by atoms with Crippen LogP contribution in [0, 0.1) is 11.3 Å². The van der Waals surface area contributed by atoms with Gasteiger partial charge >= 0.3 is 0 Å². The van der Waals surface area contributed by atoms with Crippen molar-refractivity contribution in [1.29, 1.82) is 0 Å². The zero-order chi connectivity index (χ0) is 9.99. The van der Waals surface area contributed by atoms with Crippen molar-refractivity contribution >= 4 is 0 Å². The zero-order valence-electron chi connectivity index (χ0n) is 8.75. The lowest BCUT2D eigenvalue weighted by Gasteiger charge is -2.29. The minimum Gasteiger partial charge on any atom is -0.207 e. The molecule has 0 aliphatic carbocycles. The highest BCUT2D eigenvalue weighted by Gasteiger charge is 2.38. The molecule has 2 heteroatoms. The van der Waals surface area contributed by atoms with E-state index in [2.05, 4.69) is 0 Å². The zero-order valence-corrected chi connectivity index (χ0v) is 8.75. The first-order valence-electron chi connectivity index (χ1n) is 4.57. The first-order chi connectivity index (χ1) is 5.19. The van der Waals surface area contributed by atoms with Crippen molar-refractivity contribution in [2.24, 2.45) is 11.3 Å². The van der Waals surface area contributed by atoms with Crippen LogP contribution in [0.25, 0.3) is 0 Å². The molecule has 0 aromatic rings. The van der Waals surface area contributed by atoms with Gasteiger partial charge in [0.05, 0.1) is 0 Å². The molecule has 0 amide bonds. The highest BCUT2D eigenvalue weighted by molar-refractivity contribution is 4.78. The van der Waals surface area contributed by atoms with Crippen LogP contribution in [-0.4, -0.2) is 5.92 Å². The van der Waals surface area contributed by atoms with Gasteiger partial charge in [0.1, 0.15) is 0 Å². The van der Waals surface area contributed by atoms with E-state index in [9.17, 15) is 8.78 Å². The minimum absolute atomic E-state index is 0.0188. The molecule has 74 valence electrons. The predicted molar refractivity (Wildman–Crippen MR) is 48.5 cm³/mol. The fraction of sp³-hybridized carbons (Fsp3) is 1.00. The molecule has 1 atom stereocenters. The topological polar surface area (TPSA) is 0 Å². The molecule has 0 saturated carbocycles. The summed E-state index contributed by atoms with van der Waals surface area (Å²) in [4.78, 5) is 0. The molecule has 0 aromatic carbocycles. The Balaban J connectivity index is 4.22. The summed E-state index contributed by atoms with van der Waals surface area (Å²) in [6, 6.07) is 0. The summed E-state index contributed by atoms with van der Waals surface area (Å²) in [6.07, 6.45) is 0.526. The van der Waals surface area contributed by atoms with Crippen LogP contribution in [0.15, 0.2) is 0 Å². The van der Waals surface area contributed by atoms with Gasteiger partial charge in [-0.15, -0.1) is 0 Å². The lowest BCUT2D eigenvalue weighted by Crippen LogP contribution is -2.30. The van der Waals surface area contributed by atoms with Gasteiger partial charge in [-0.2, -0.15) is 0 Å². The first kappa shape index (κ1) is 11.9. The molecule has 0 fully saturated rings. The van der Waals surface area contributed by atoms with Gasteiger partial charge in [0, 0.05) is 12.3 Å². The van der Waals surface area contributed by atoms with Crippen LogP contribution in [0.1, 0.15) is 47.5 Å². The Morgan fingerprint density at radius 1 is 1.17 bits per heavy atom. The average Bonchev–Trinajstić information content (AvgIpc) is 1.80. The summed E-state index contributed by atoms with van der Waals surface area (Å²) < 4.78 is 26.6. The monoisotopic (exact) mass is 178 g/mol. The normalized spacial score (nSPS) is 16.2. The van der Waals surface area contributed by atoms with Gasteiger partial charge in [-0.25, -0.2) is 8.78 Å². The molecule has 0 bridgehead atoms. The number of rotatable bonds is 3. The van der Waals surface area contributed by atoms with Crippen molar-refractivity contribution < 1.29 is 8.78 Å².